The normalized spacial score (nSPS) is 13.4. The Morgan fingerprint density at radius 1 is 1.32 bits per heavy atom. The molecule has 1 aliphatic heterocycles. The number of hydrogen-bond donors (Lipinski definition) is 2. The van der Waals surface area contributed by atoms with Gasteiger partial charge in [-0.15, -0.1) is 0 Å². The van der Waals surface area contributed by atoms with Gasteiger partial charge < -0.3 is 15.3 Å². The van der Waals surface area contributed by atoms with Crippen LogP contribution in [-0.4, -0.2) is 36.5 Å². The van der Waals surface area contributed by atoms with Crippen molar-refractivity contribution in [2.45, 2.75) is 13.3 Å². The van der Waals surface area contributed by atoms with Gasteiger partial charge in [0.05, 0.1) is 23.5 Å². The third kappa shape index (κ3) is 2.44. The zero-order valence-corrected chi connectivity index (χ0v) is 10.6. The largest absolute Gasteiger partial charge is 0.395 e. The lowest BCUT2D eigenvalue weighted by Crippen LogP contribution is -2.28. The fourth-order valence-electron chi connectivity index (χ4n) is 2.14. The number of carbonyl (C=O) groups excluding carboxylic acids is 2. The molecule has 1 amide bonds. The lowest BCUT2D eigenvalue weighted by atomic mass is 10.1. The molecule has 0 fully saturated rings. The van der Waals surface area contributed by atoms with Crippen molar-refractivity contribution in [2.24, 2.45) is 0 Å². The summed E-state index contributed by atoms with van der Waals surface area (Å²) in [7, 11) is 0. The number of fused-ring (bicyclic) bond motifs is 1. The predicted molar refractivity (Wildman–Crippen MR) is 69.0 cm³/mol. The van der Waals surface area contributed by atoms with Crippen molar-refractivity contribution >= 4 is 23.1 Å². The molecule has 0 aliphatic carbocycles. The van der Waals surface area contributed by atoms with E-state index in [4.69, 9.17) is 5.11 Å². The van der Waals surface area contributed by atoms with E-state index in [1.54, 1.807) is 4.90 Å². The second-order valence-corrected chi connectivity index (χ2v) is 4.34. The van der Waals surface area contributed by atoms with Gasteiger partial charge in [0, 0.05) is 13.1 Å². The van der Waals surface area contributed by atoms with Crippen LogP contribution in [0.5, 0.6) is 0 Å². The van der Waals surface area contributed by atoms with Gasteiger partial charge in [-0.05, 0) is 18.6 Å². The highest BCUT2D eigenvalue weighted by atomic mass is 19.1. The van der Waals surface area contributed by atoms with Crippen molar-refractivity contribution in [3.05, 3.63) is 23.5 Å². The zero-order chi connectivity index (χ0) is 14.0. The summed E-state index contributed by atoms with van der Waals surface area (Å²) in [6.45, 7) is 2.73. The fourth-order valence-corrected chi connectivity index (χ4v) is 2.14. The van der Waals surface area contributed by atoms with Gasteiger partial charge in [0.1, 0.15) is 5.82 Å². The molecule has 0 atom stereocenters. The standard InChI is InChI=1S/C13H15FN2O3/c1-2-3-16(4-5-17)11-7-10-8(6-9(11)14)12(18)13(19)15-10/h6-7,17H,2-5H2,1H3,(H,15,18,19). The second-order valence-electron chi connectivity index (χ2n) is 4.34. The van der Waals surface area contributed by atoms with Gasteiger partial charge in [-0.25, -0.2) is 4.39 Å². The number of Topliss-reactive ketones (excluding diaryl/α,β-unsaturated/α-hetero) is 1. The molecule has 1 heterocycles. The van der Waals surface area contributed by atoms with Crippen molar-refractivity contribution in [1.82, 2.24) is 0 Å². The number of hydrogen-bond acceptors (Lipinski definition) is 4. The number of rotatable bonds is 5. The number of benzene rings is 1. The van der Waals surface area contributed by atoms with Crippen molar-refractivity contribution in [1.29, 1.82) is 0 Å². The van der Waals surface area contributed by atoms with Crippen LogP contribution >= 0.6 is 0 Å². The smallest absolute Gasteiger partial charge is 0.296 e. The van der Waals surface area contributed by atoms with Gasteiger partial charge in [-0.3, -0.25) is 9.59 Å². The van der Waals surface area contributed by atoms with Crippen LogP contribution in [-0.2, 0) is 4.79 Å². The van der Waals surface area contributed by atoms with Crippen molar-refractivity contribution < 1.29 is 19.1 Å². The van der Waals surface area contributed by atoms with E-state index in [1.807, 2.05) is 6.92 Å². The van der Waals surface area contributed by atoms with Crippen LogP contribution in [0.1, 0.15) is 23.7 Å². The first-order valence-corrected chi connectivity index (χ1v) is 6.13. The summed E-state index contributed by atoms with van der Waals surface area (Å²) in [6.07, 6.45) is 0.793. The molecule has 19 heavy (non-hydrogen) atoms. The average Bonchev–Trinajstić information content (AvgIpc) is 2.64. The van der Waals surface area contributed by atoms with Crippen LogP contribution in [0, 0.1) is 5.82 Å². The lowest BCUT2D eigenvalue weighted by Gasteiger charge is -2.24. The van der Waals surface area contributed by atoms with Gasteiger partial charge in [0.15, 0.2) is 0 Å². The molecule has 0 unspecified atom stereocenters. The van der Waals surface area contributed by atoms with Gasteiger partial charge >= 0.3 is 0 Å². The molecule has 102 valence electrons. The summed E-state index contributed by atoms with van der Waals surface area (Å²) < 4.78 is 14.0. The highest BCUT2D eigenvalue weighted by molar-refractivity contribution is 6.51. The zero-order valence-electron chi connectivity index (χ0n) is 10.6. The number of halogens is 1. The Balaban J connectivity index is 2.40. The average molecular weight is 266 g/mol. The summed E-state index contributed by atoms with van der Waals surface area (Å²) in [5.41, 5.74) is 0.668. The van der Waals surface area contributed by atoms with E-state index < -0.39 is 17.5 Å². The monoisotopic (exact) mass is 266 g/mol. The molecule has 2 N–H and O–H groups in total. The van der Waals surface area contributed by atoms with Crippen LogP contribution in [0.25, 0.3) is 0 Å². The predicted octanol–water partition coefficient (Wildman–Crippen LogP) is 1.17. The van der Waals surface area contributed by atoms with E-state index in [1.165, 1.54) is 6.07 Å². The Labute approximate surface area is 110 Å². The third-order valence-corrected chi connectivity index (χ3v) is 2.99. The van der Waals surface area contributed by atoms with E-state index >= 15 is 0 Å². The molecule has 0 spiro atoms. The summed E-state index contributed by atoms with van der Waals surface area (Å²) in [5.74, 6) is -2.02. The summed E-state index contributed by atoms with van der Waals surface area (Å²) in [6, 6.07) is 2.52. The topological polar surface area (TPSA) is 69.6 Å². The highest BCUT2D eigenvalue weighted by Gasteiger charge is 2.30. The SMILES string of the molecule is CCCN(CCO)c1cc2c(cc1F)C(=O)C(=O)N2. The van der Waals surface area contributed by atoms with E-state index in [2.05, 4.69) is 5.32 Å². The molecular weight excluding hydrogens is 251 g/mol. The van der Waals surface area contributed by atoms with E-state index in [0.717, 1.165) is 12.5 Å². The molecule has 6 heteroatoms. The molecule has 0 saturated carbocycles. The molecule has 0 saturated heterocycles. The Morgan fingerprint density at radius 3 is 2.68 bits per heavy atom. The number of nitrogens with zero attached hydrogens (tertiary/aromatic N) is 1. The van der Waals surface area contributed by atoms with Crippen molar-refractivity contribution in [2.75, 3.05) is 29.9 Å². The summed E-state index contributed by atoms with van der Waals surface area (Å²) in [4.78, 5) is 24.4. The van der Waals surface area contributed by atoms with Gasteiger partial charge in [-0.1, -0.05) is 6.92 Å². The van der Waals surface area contributed by atoms with E-state index in [0.29, 0.717) is 18.8 Å². The van der Waals surface area contributed by atoms with Crippen LogP contribution in [0.4, 0.5) is 15.8 Å². The minimum Gasteiger partial charge on any atom is -0.395 e. The first kappa shape index (κ1) is 13.5. The first-order valence-electron chi connectivity index (χ1n) is 6.13. The molecule has 1 aliphatic rings. The number of carbonyl (C=O) groups is 2. The van der Waals surface area contributed by atoms with Gasteiger partial charge in [-0.2, -0.15) is 0 Å². The Bertz CT molecular complexity index is 525. The van der Waals surface area contributed by atoms with Crippen LogP contribution in [0.15, 0.2) is 12.1 Å². The van der Waals surface area contributed by atoms with E-state index in [-0.39, 0.29) is 17.9 Å². The molecule has 1 aromatic carbocycles. The van der Waals surface area contributed by atoms with Crippen LogP contribution < -0.4 is 10.2 Å². The van der Waals surface area contributed by atoms with E-state index in [9.17, 15) is 14.0 Å². The number of nitrogens with one attached hydrogen (secondary N) is 1. The quantitative estimate of drug-likeness (QED) is 0.785. The molecule has 0 radical (unpaired) electrons. The molecule has 0 bridgehead atoms. The van der Waals surface area contributed by atoms with Crippen LogP contribution in [0.3, 0.4) is 0 Å². The first-order chi connectivity index (χ1) is 9.08. The number of aliphatic hydroxyl groups excluding tert-OH is 1. The Kier molecular flexibility index (Phi) is 3.80. The van der Waals surface area contributed by atoms with Gasteiger partial charge in [0.2, 0.25) is 0 Å². The summed E-state index contributed by atoms with van der Waals surface area (Å²) >= 11 is 0. The fraction of sp³-hybridized carbons (Fsp3) is 0.385. The number of anilines is 2. The number of aliphatic hydroxyl groups is 1. The molecule has 0 aromatic heterocycles. The Morgan fingerprint density at radius 2 is 2.05 bits per heavy atom. The molecular formula is C13H15FN2O3. The minimum atomic E-state index is -0.740. The maximum absolute atomic E-state index is 14.0. The lowest BCUT2D eigenvalue weighted by molar-refractivity contribution is -0.112. The van der Waals surface area contributed by atoms with Crippen molar-refractivity contribution in [3.8, 4) is 0 Å². The van der Waals surface area contributed by atoms with Crippen LogP contribution in [0.2, 0.25) is 0 Å². The third-order valence-electron chi connectivity index (χ3n) is 2.99. The Hall–Kier alpha value is -1.95. The molecule has 1 aromatic rings. The summed E-state index contributed by atoms with van der Waals surface area (Å²) in [5, 5.41) is 11.4. The highest BCUT2D eigenvalue weighted by Crippen LogP contribution is 2.31. The maximum atomic E-state index is 14.0. The van der Waals surface area contributed by atoms with Gasteiger partial charge in [0.25, 0.3) is 11.7 Å². The molecule has 5 nitrogen and oxygen atoms in total. The number of amides is 1. The van der Waals surface area contributed by atoms with Crippen molar-refractivity contribution in [3.63, 3.8) is 0 Å². The number of ketones is 1. The second kappa shape index (κ2) is 5.36. The maximum Gasteiger partial charge on any atom is 0.296 e. The molecule has 2 rings (SSSR count). The minimum absolute atomic E-state index is 0.0618.